The Kier molecular flexibility index (Phi) is 11.6. The van der Waals surface area contributed by atoms with Crippen LogP contribution < -0.4 is 16.4 Å². The number of nitrogens with zero attached hydrogens (tertiary/aromatic N) is 4. The van der Waals surface area contributed by atoms with Crippen LogP contribution in [0.5, 0.6) is 0 Å². The van der Waals surface area contributed by atoms with E-state index in [9.17, 15) is 40.7 Å². The molecule has 3 unspecified atom stereocenters. The van der Waals surface area contributed by atoms with Gasteiger partial charge in [-0.25, -0.2) is 13.2 Å². The van der Waals surface area contributed by atoms with E-state index in [1.807, 2.05) is 0 Å². The summed E-state index contributed by atoms with van der Waals surface area (Å²) in [7, 11) is 0. The van der Waals surface area contributed by atoms with Gasteiger partial charge in [0.1, 0.15) is 11.9 Å². The molecule has 0 spiro atoms. The summed E-state index contributed by atoms with van der Waals surface area (Å²) in [5.74, 6) is -7.24. The Bertz CT molecular complexity index is 1520. The molecule has 2 aromatic carbocycles. The van der Waals surface area contributed by atoms with Crippen molar-refractivity contribution in [3.05, 3.63) is 82.7 Å². The van der Waals surface area contributed by atoms with Gasteiger partial charge in [-0.15, -0.1) is 22.6 Å². The minimum Gasteiger partial charge on any atom is -0.351 e. The van der Waals surface area contributed by atoms with Gasteiger partial charge in [0, 0.05) is 31.6 Å². The first-order chi connectivity index (χ1) is 20.7. The smallest absolute Gasteiger partial charge is 0.351 e. The van der Waals surface area contributed by atoms with Crippen LogP contribution in [0.1, 0.15) is 36.1 Å². The van der Waals surface area contributed by atoms with E-state index in [0.717, 1.165) is 10.1 Å². The number of rotatable bonds is 10. The molecule has 1 aliphatic heterocycles. The summed E-state index contributed by atoms with van der Waals surface area (Å²) in [6, 6.07) is 6.53. The van der Waals surface area contributed by atoms with Crippen LogP contribution in [0.25, 0.3) is 0 Å². The lowest BCUT2D eigenvalue weighted by Crippen LogP contribution is -2.53. The van der Waals surface area contributed by atoms with Crippen molar-refractivity contribution >= 4 is 30.1 Å². The topological polar surface area (TPSA) is 135 Å². The lowest BCUT2D eigenvalue weighted by molar-refractivity contribution is -0.148. The Balaban J connectivity index is 0.00000552. The molecule has 1 aromatic heterocycles. The fourth-order valence-corrected chi connectivity index (χ4v) is 4.75. The molecule has 0 saturated carbocycles. The summed E-state index contributed by atoms with van der Waals surface area (Å²) in [6.45, 7) is 0.659. The van der Waals surface area contributed by atoms with Crippen LogP contribution in [-0.4, -0.2) is 62.1 Å². The number of nitrogens with two attached hydrogens (primary N) is 1. The highest BCUT2D eigenvalue weighted by atomic mass is 35.5. The SMILES string of the molecule is CC(NC(=O)C(N)Cc1ccccc1)C(=O)NC(CC(=O)N1CCn2c(nnc2C(F)(F)F)C1)Cc1cc(F)c(F)cc1F.Cl. The number of hydrogen-bond donors (Lipinski definition) is 3. The first-order valence-electron chi connectivity index (χ1n) is 13.5. The number of alkyl halides is 3. The van der Waals surface area contributed by atoms with Crippen molar-refractivity contribution in [1.82, 2.24) is 30.3 Å². The van der Waals surface area contributed by atoms with Crippen LogP contribution in [0.2, 0.25) is 0 Å². The fourth-order valence-electron chi connectivity index (χ4n) is 4.75. The second-order valence-corrected chi connectivity index (χ2v) is 10.4. The molecule has 0 saturated heterocycles. The second-order valence-electron chi connectivity index (χ2n) is 10.4. The highest BCUT2D eigenvalue weighted by molar-refractivity contribution is 5.90. The Labute approximate surface area is 259 Å². The Morgan fingerprint density at radius 1 is 0.933 bits per heavy atom. The van der Waals surface area contributed by atoms with Gasteiger partial charge >= 0.3 is 6.18 Å². The Hall–Kier alpha value is -4.18. The molecule has 0 aliphatic carbocycles. The molecule has 244 valence electrons. The molecule has 3 amide bonds. The third kappa shape index (κ3) is 8.94. The molecule has 4 rings (SSSR count). The van der Waals surface area contributed by atoms with Crippen LogP contribution in [0.3, 0.4) is 0 Å². The van der Waals surface area contributed by atoms with Crippen molar-refractivity contribution in [1.29, 1.82) is 0 Å². The number of fused-ring (bicyclic) bond motifs is 1. The van der Waals surface area contributed by atoms with Crippen LogP contribution in [0, 0.1) is 17.5 Å². The maximum absolute atomic E-state index is 14.5. The highest BCUT2D eigenvalue weighted by Crippen LogP contribution is 2.29. The number of carbonyl (C=O) groups is 3. The summed E-state index contributed by atoms with van der Waals surface area (Å²) in [5, 5.41) is 11.7. The summed E-state index contributed by atoms with van der Waals surface area (Å²) >= 11 is 0. The molecule has 10 nitrogen and oxygen atoms in total. The average molecular weight is 662 g/mol. The van der Waals surface area contributed by atoms with Gasteiger partial charge in [0.15, 0.2) is 17.5 Å². The van der Waals surface area contributed by atoms with E-state index < -0.39 is 78.1 Å². The largest absolute Gasteiger partial charge is 0.451 e. The lowest BCUT2D eigenvalue weighted by atomic mass is 10.0. The number of hydrogen-bond acceptors (Lipinski definition) is 6. The van der Waals surface area contributed by atoms with Gasteiger partial charge in [0.2, 0.25) is 23.5 Å². The molecule has 0 fully saturated rings. The maximum atomic E-state index is 14.5. The molecule has 45 heavy (non-hydrogen) atoms. The van der Waals surface area contributed by atoms with Gasteiger partial charge in [0.05, 0.1) is 12.6 Å². The molecule has 3 aromatic rings. The van der Waals surface area contributed by atoms with Crippen LogP contribution >= 0.6 is 12.4 Å². The molecule has 17 heteroatoms. The molecule has 4 N–H and O–H groups in total. The van der Waals surface area contributed by atoms with Crippen molar-refractivity contribution in [3.63, 3.8) is 0 Å². The van der Waals surface area contributed by atoms with E-state index in [4.69, 9.17) is 5.73 Å². The predicted octanol–water partition coefficient (Wildman–Crippen LogP) is 2.67. The summed E-state index contributed by atoms with van der Waals surface area (Å²) in [6.07, 6.45) is -5.48. The number of amides is 3. The molecular formula is C28H30ClF6N7O3. The number of halogens is 7. The number of aromatic nitrogens is 3. The second kappa shape index (κ2) is 14.7. The molecule has 0 bridgehead atoms. The molecule has 2 heterocycles. The Morgan fingerprint density at radius 2 is 1.60 bits per heavy atom. The van der Waals surface area contributed by atoms with Crippen LogP contribution in [-0.2, 0) is 46.5 Å². The minimum absolute atomic E-state index is 0. The van der Waals surface area contributed by atoms with Gasteiger partial charge in [0.25, 0.3) is 0 Å². The van der Waals surface area contributed by atoms with Crippen molar-refractivity contribution < 1.29 is 40.7 Å². The fraction of sp³-hybridized carbons (Fsp3) is 0.393. The zero-order valence-electron chi connectivity index (χ0n) is 23.8. The van der Waals surface area contributed by atoms with Crippen molar-refractivity contribution in [2.24, 2.45) is 5.73 Å². The predicted molar refractivity (Wildman–Crippen MR) is 150 cm³/mol. The summed E-state index contributed by atoms with van der Waals surface area (Å²) < 4.78 is 82.3. The summed E-state index contributed by atoms with van der Waals surface area (Å²) in [4.78, 5) is 40.0. The maximum Gasteiger partial charge on any atom is 0.451 e. The van der Waals surface area contributed by atoms with E-state index in [1.54, 1.807) is 30.3 Å². The third-order valence-electron chi connectivity index (χ3n) is 7.07. The lowest BCUT2D eigenvalue weighted by Gasteiger charge is -2.30. The zero-order valence-corrected chi connectivity index (χ0v) is 24.6. The third-order valence-corrected chi connectivity index (χ3v) is 7.07. The Morgan fingerprint density at radius 3 is 2.27 bits per heavy atom. The molecular weight excluding hydrogens is 632 g/mol. The van der Waals surface area contributed by atoms with E-state index in [2.05, 4.69) is 20.8 Å². The first kappa shape index (κ1) is 35.3. The zero-order chi connectivity index (χ0) is 32.2. The number of nitrogens with one attached hydrogen (secondary N) is 2. The standard InChI is InChI=1S/C28H29F6N7O3.ClH/c1-15(36-26(44)22(35)9-16-5-3-2-4-6-16)25(43)37-18(10-17-11-20(30)21(31)13-19(17)29)12-24(42)40-7-8-41-23(14-40)38-39-27(41)28(32,33)34;/h2-6,11,13,15,18,22H,7-10,12,14,35H2,1H3,(H,36,44)(H,37,43);1H. The van der Waals surface area contributed by atoms with Crippen molar-refractivity contribution in [2.75, 3.05) is 6.54 Å². The van der Waals surface area contributed by atoms with Gasteiger partial charge in [-0.2, -0.15) is 13.2 Å². The number of benzene rings is 2. The van der Waals surface area contributed by atoms with Crippen molar-refractivity contribution in [2.45, 2.75) is 63.6 Å². The van der Waals surface area contributed by atoms with E-state index in [0.29, 0.717) is 12.1 Å². The van der Waals surface area contributed by atoms with Gasteiger partial charge < -0.3 is 25.8 Å². The number of carbonyl (C=O) groups excluding carboxylic acids is 3. The quantitative estimate of drug-likeness (QED) is 0.226. The van der Waals surface area contributed by atoms with Gasteiger partial charge in [-0.3, -0.25) is 14.4 Å². The van der Waals surface area contributed by atoms with E-state index >= 15 is 0 Å². The van der Waals surface area contributed by atoms with Crippen molar-refractivity contribution in [3.8, 4) is 0 Å². The molecule has 3 atom stereocenters. The molecule has 1 aliphatic rings. The minimum atomic E-state index is -4.74. The first-order valence-corrected chi connectivity index (χ1v) is 13.5. The van der Waals surface area contributed by atoms with E-state index in [-0.39, 0.29) is 49.8 Å². The monoisotopic (exact) mass is 661 g/mol. The normalized spacial score (nSPS) is 14.9. The van der Waals surface area contributed by atoms with E-state index in [1.165, 1.54) is 11.8 Å². The van der Waals surface area contributed by atoms with Gasteiger partial charge in [-0.1, -0.05) is 30.3 Å². The van der Waals surface area contributed by atoms with Gasteiger partial charge in [-0.05, 0) is 37.0 Å². The van der Waals surface area contributed by atoms with Crippen LogP contribution in [0.15, 0.2) is 42.5 Å². The highest BCUT2D eigenvalue weighted by Gasteiger charge is 2.40. The average Bonchev–Trinajstić information content (AvgIpc) is 3.40. The summed E-state index contributed by atoms with van der Waals surface area (Å²) in [5.41, 5.74) is 6.44. The van der Waals surface area contributed by atoms with Crippen LogP contribution in [0.4, 0.5) is 26.3 Å². The molecule has 0 radical (unpaired) electrons.